The molecule has 4 aromatic carbocycles. The first-order valence-corrected chi connectivity index (χ1v) is 34.4. The van der Waals surface area contributed by atoms with Gasteiger partial charge >= 0.3 is 0 Å². The average Bonchev–Trinajstić information content (AvgIpc) is 1.50. The van der Waals surface area contributed by atoms with Crippen molar-refractivity contribution in [1.82, 2.24) is 52.8 Å². The second-order valence-electron chi connectivity index (χ2n) is 25.6. The van der Waals surface area contributed by atoms with Crippen LogP contribution >= 0.6 is 11.8 Å². The molecule has 26 nitrogen and oxygen atoms in total. The summed E-state index contributed by atoms with van der Waals surface area (Å²) >= 11 is 0.950. The van der Waals surface area contributed by atoms with Crippen LogP contribution in [0.15, 0.2) is 115 Å². The van der Waals surface area contributed by atoms with E-state index in [0.717, 1.165) is 17.3 Å². The van der Waals surface area contributed by atoms with Crippen LogP contribution in [0.3, 0.4) is 0 Å². The number of primary amides is 1. The first-order chi connectivity index (χ1) is 46.7. The summed E-state index contributed by atoms with van der Waals surface area (Å²) in [4.78, 5) is 169. The van der Waals surface area contributed by atoms with Gasteiger partial charge < -0.3 is 75.1 Å². The van der Waals surface area contributed by atoms with Crippen LogP contribution in [0, 0.1) is 17.8 Å². The van der Waals surface area contributed by atoms with Crippen molar-refractivity contribution in [2.45, 2.75) is 180 Å². The van der Waals surface area contributed by atoms with Crippen molar-refractivity contribution in [2.24, 2.45) is 35.0 Å². The van der Waals surface area contributed by atoms with Gasteiger partial charge in [0.25, 0.3) is 0 Å². The van der Waals surface area contributed by atoms with E-state index in [1.165, 1.54) is 36.1 Å². The zero-order chi connectivity index (χ0) is 72.0. The number of amides is 11. The Morgan fingerprint density at radius 3 is 1.52 bits per heavy atom. The van der Waals surface area contributed by atoms with Gasteiger partial charge in [-0.3, -0.25) is 57.5 Å². The molecular weight excluding hydrogens is 1270 g/mol. The summed E-state index contributed by atoms with van der Waals surface area (Å²) in [5.74, 6) is -9.46. The van der Waals surface area contributed by atoms with Gasteiger partial charge in [0.1, 0.15) is 54.1 Å². The van der Waals surface area contributed by atoms with Crippen LogP contribution in [0.25, 0.3) is 0 Å². The smallest absolute Gasteiger partial charge is 0.243 e. The number of carbonyl (C=O) groups excluding carboxylic acids is 12. The van der Waals surface area contributed by atoms with Crippen molar-refractivity contribution in [3.05, 3.63) is 138 Å². The maximum Gasteiger partial charge on any atom is 0.243 e. The summed E-state index contributed by atoms with van der Waals surface area (Å²) in [6.45, 7) is 12.5. The maximum atomic E-state index is 14.8. The van der Waals surface area contributed by atoms with E-state index in [0.29, 0.717) is 36.0 Å². The van der Waals surface area contributed by atoms with E-state index >= 15 is 0 Å². The summed E-state index contributed by atoms with van der Waals surface area (Å²) in [7, 11) is 0. The molecular formula is C71H99N13O13S. The Balaban J connectivity index is 1.38. The van der Waals surface area contributed by atoms with Crippen LogP contribution in [0.2, 0.25) is 0 Å². The fourth-order valence-corrected chi connectivity index (χ4v) is 11.9. The summed E-state index contributed by atoms with van der Waals surface area (Å²) in [6.07, 6.45) is 0.729. The van der Waals surface area contributed by atoms with Gasteiger partial charge in [-0.15, -0.1) is 0 Å². The molecule has 0 aliphatic carbocycles. The Hall–Kier alpha value is -9.21. The third kappa shape index (κ3) is 26.3. The molecule has 1 saturated heterocycles. The number of phenols is 1. The number of rotatable bonds is 39. The quantitative estimate of drug-likeness (QED) is 0.0282. The second kappa shape index (κ2) is 40.5. The van der Waals surface area contributed by atoms with Crippen LogP contribution in [0.4, 0.5) is 0 Å². The summed E-state index contributed by atoms with van der Waals surface area (Å²) in [6, 6.07) is 19.5. The van der Waals surface area contributed by atoms with Gasteiger partial charge in [-0.05, 0) is 97.2 Å². The molecule has 0 radical (unpaired) electrons. The molecule has 98 heavy (non-hydrogen) atoms. The van der Waals surface area contributed by atoms with Crippen molar-refractivity contribution in [3.63, 3.8) is 0 Å². The number of nitrogens with zero attached hydrogens (tertiary/aromatic N) is 1. The van der Waals surface area contributed by atoms with Crippen molar-refractivity contribution < 1.29 is 62.6 Å². The fraction of sp³-hybridized carbons (Fsp3) is 0.493. The molecule has 11 atom stereocenters. The largest absolute Gasteiger partial charge is 0.508 e. The van der Waals surface area contributed by atoms with Crippen LogP contribution in [0.1, 0.15) is 116 Å². The molecule has 1 aliphatic heterocycles. The van der Waals surface area contributed by atoms with Gasteiger partial charge in [-0.2, -0.15) is 0 Å². The summed E-state index contributed by atoms with van der Waals surface area (Å²) in [5, 5.41) is 34.3. The molecule has 1 heterocycles. The second-order valence-corrected chi connectivity index (χ2v) is 26.7. The van der Waals surface area contributed by atoms with Crippen LogP contribution in [0.5, 0.6) is 5.75 Å². The highest BCUT2D eigenvalue weighted by Crippen LogP contribution is 2.22. The maximum absolute atomic E-state index is 14.8. The SMILES string of the molecule is CC[C@@H](C)[C@H](NC(=O)[C@H](CC(N)=O)NC(=O)[C@@H](Cc1ccccc1)NC(=O)[C@H](Cc1ccccc1)NC(=O)[C@@H]1CCCN1C(=O)[C@H](N)Cc1ccccc1)C(=O)N[C@@H](Cc1ccc(O)cc1)C(=O)N[C@H](C(=O)N[C@@H](CCCN)C(=O)N[C@@H](CC(C)C)C(=O)SCCNC(C)=O)C(C)C. The highest BCUT2D eigenvalue weighted by Gasteiger charge is 2.40. The summed E-state index contributed by atoms with van der Waals surface area (Å²) < 4.78 is 0. The van der Waals surface area contributed by atoms with Gasteiger partial charge in [0.15, 0.2) is 0 Å². The molecule has 27 heteroatoms. The number of phenolic OH excluding ortho intramolecular Hbond substituents is 1. The molecule has 16 N–H and O–H groups in total. The Morgan fingerprint density at radius 2 is 1.01 bits per heavy atom. The lowest BCUT2D eigenvalue weighted by molar-refractivity contribution is -0.140. The molecule has 0 spiro atoms. The van der Waals surface area contributed by atoms with Crippen molar-refractivity contribution in [1.29, 1.82) is 0 Å². The number of carbonyl (C=O) groups is 12. The topological polar surface area (TPSA) is 415 Å². The summed E-state index contributed by atoms with van der Waals surface area (Å²) in [5.41, 5.74) is 20.5. The molecule has 0 unspecified atom stereocenters. The number of benzene rings is 4. The Kier molecular flexibility index (Phi) is 32.8. The molecule has 5 rings (SSSR count). The number of hydrogen-bond acceptors (Lipinski definition) is 16. The lowest BCUT2D eigenvalue weighted by Crippen LogP contribution is -2.62. The minimum atomic E-state index is -1.76. The standard InChI is InChI=1S/C71H99N13O13S/c1-8-44(6)61(69(95)80-55(40-49-28-30-50(86)31-29-49)65(91)82-60(43(4)5)68(94)76-52(26-18-32-72)62(88)81-57(36-42(2)3)71(97)98-35-33-75-45(7)85)83-66(92)56(41-59(74)87)78-63(89)53(38-47-22-14-10-15-23-47)77-64(90)54(39-48-24-16-11-17-25-48)79-67(93)58-27-19-34-84(58)70(96)51(73)37-46-20-12-9-13-21-46/h9-17,20-25,28-31,42-44,51-58,60-61,86H,8,18-19,26-27,32-41,72-73H2,1-7H3,(H2,74,87)(H,75,85)(H,76,94)(H,77,90)(H,78,89)(H,79,93)(H,80,95)(H,81,88)(H,82,91)(H,83,92)/t44-,51-,52+,53-,54+,55+,56+,57+,58+,60+,61+/m1/s1. The molecule has 532 valence electrons. The molecule has 1 aliphatic rings. The number of nitrogens with one attached hydrogen (secondary N) is 9. The average molecular weight is 1370 g/mol. The third-order valence-corrected chi connectivity index (χ3v) is 17.7. The van der Waals surface area contributed by atoms with E-state index in [-0.39, 0.29) is 93.0 Å². The third-order valence-electron chi connectivity index (χ3n) is 16.7. The molecule has 4 aromatic rings. The van der Waals surface area contributed by atoms with Crippen LogP contribution in [-0.2, 0) is 83.2 Å². The van der Waals surface area contributed by atoms with Crippen molar-refractivity contribution in [3.8, 4) is 5.75 Å². The number of aromatic hydroxyl groups is 1. The number of nitrogens with two attached hydrogens (primary N) is 3. The molecule has 11 amide bonds. The number of likely N-dealkylation sites (tertiary alicyclic amines) is 1. The number of thioether (sulfide) groups is 1. The molecule has 0 aromatic heterocycles. The fourth-order valence-electron chi connectivity index (χ4n) is 11.2. The minimum Gasteiger partial charge on any atom is -0.508 e. The highest BCUT2D eigenvalue weighted by molar-refractivity contribution is 8.13. The van der Waals surface area contributed by atoms with E-state index in [1.54, 1.807) is 88.4 Å². The van der Waals surface area contributed by atoms with Gasteiger partial charge in [0, 0.05) is 45.0 Å². The minimum absolute atomic E-state index is 0.0223. The van der Waals surface area contributed by atoms with Crippen LogP contribution in [-0.4, -0.2) is 166 Å². The van der Waals surface area contributed by atoms with Crippen molar-refractivity contribution >= 4 is 81.9 Å². The van der Waals surface area contributed by atoms with Gasteiger partial charge in [0.2, 0.25) is 70.1 Å². The first kappa shape index (κ1) is 79.5. The van der Waals surface area contributed by atoms with E-state index in [1.807, 2.05) is 44.2 Å². The van der Waals surface area contributed by atoms with Gasteiger partial charge in [-0.1, -0.05) is 163 Å². The normalized spacial score (nSPS) is 15.8. The van der Waals surface area contributed by atoms with E-state index in [4.69, 9.17) is 17.2 Å². The Labute approximate surface area is 577 Å². The predicted octanol–water partition coefficient (Wildman–Crippen LogP) is 1.62. The molecule has 0 saturated carbocycles. The van der Waals surface area contributed by atoms with E-state index < -0.39 is 138 Å². The Morgan fingerprint density at radius 1 is 0.561 bits per heavy atom. The van der Waals surface area contributed by atoms with Crippen molar-refractivity contribution in [2.75, 3.05) is 25.4 Å². The van der Waals surface area contributed by atoms with Gasteiger partial charge in [0.05, 0.1) is 18.5 Å². The zero-order valence-corrected chi connectivity index (χ0v) is 57.8. The van der Waals surface area contributed by atoms with Gasteiger partial charge in [-0.25, -0.2) is 0 Å². The van der Waals surface area contributed by atoms with E-state index in [9.17, 15) is 62.6 Å². The predicted molar refractivity (Wildman–Crippen MR) is 372 cm³/mol. The Bertz CT molecular complexity index is 3310. The number of hydrogen-bond donors (Lipinski definition) is 13. The first-order valence-electron chi connectivity index (χ1n) is 33.5. The lowest BCUT2D eigenvalue weighted by Gasteiger charge is -2.30. The van der Waals surface area contributed by atoms with Crippen LogP contribution < -0.4 is 65.1 Å². The zero-order valence-electron chi connectivity index (χ0n) is 57.0. The monoisotopic (exact) mass is 1370 g/mol. The molecule has 0 bridgehead atoms. The van der Waals surface area contributed by atoms with E-state index in [2.05, 4.69) is 47.9 Å². The highest BCUT2D eigenvalue weighted by atomic mass is 32.2. The lowest BCUT2D eigenvalue weighted by atomic mass is 9.96. The molecule has 1 fully saturated rings.